The summed E-state index contributed by atoms with van der Waals surface area (Å²) in [6.07, 6.45) is 0.616. The maximum atomic E-state index is 13.5. The van der Waals surface area contributed by atoms with Crippen molar-refractivity contribution in [2.75, 3.05) is 5.88 Å². The number of aromatic nitrogens is 2. The molecule has 6 heteroatoms. The van der Waals surface area contributed by atoms with Gasteiger partial charge in [-0.15, -0.1) is 11.6 Å². The first kappa shape index (κ1) is 12.9. The highest BCUT2D eigenvalue weighted by Gasteiger charge is 2.14. The van der Waals surface area contributed by atoms with Crippen molar-refractivity contribution in [1.29, 1.82) is 0 Å². The van der Waals surface area contributed by atoms with Crippen LogP contribution in [0.2, 0.25) is 5.02 Å². The van der Waals surface area contributed by atoms with Gasteiger partial charge in [0.15, 0.2) is 0 Å². The molecule has 2 heterocycles. The van der Waals surface area contributed by atoms with Gasteiger partial charge in [-0.2, -0.15) is 11.3 Å². The molecular weight excluding hydrogens is 306 g/mol. The number of fused-ring (bicyclic) bond motifs is 1. The molecule has 0 bridgehead atoms. The van der Waals surface area contributed by atoms with E-state index in [0.29, 0.717) is 17.8 Å². The van der Waals surface area contributed by atoms with Crippen molar-refractivity contribution in [2.24, 2.45) is 0 Å². The number of rotatable bonds is 3. The first-order valence-corrected chi connectivity index (χ1v) is 7.51. The molecule has 0 spiro atoms. The lowest BCUT2D eigenvalue weighted by molar-refractivity contribution is 0.630. The number of nitrogens with zero attached hydrogens (tertiary/aromatic N) is 2. The van der Waals surface area contributed by atoms with E-state index in [-0.39, 0.29) is 5.02 Å². The van der Waals surface area contributed by atoms with Gasteiger partial charge in [0.25, 0.3) is 0 Å². The van der Waals surface area contributed by atoms with Crippen LogP contribution in [0.15, 0.2) is 29.0 Å². The first-order chi connectivity index (χ1) is 9.20. The third-order valence-corrected chi connectivity index (χ3v) is 4.00. The van der Waals surface area contributed by atoms with Crippen molar-refractivity contribution in [2.45, 2.75) is 6.42 Å². The fourth-order valence-corrected chi connectivity index (χ4v) is 2.99. The number of thiophene rings is 1. The predicted octanol–water partition coefficient (Wildman–Crippen LogP) is 4.66. The molecule has 2 aromatic heterocycles. The van der Waals surface area contributed by atoms with Crippen molar-refractivity contribution >= 4 is 45.6 Å². The molecule has 0 fully saturated rings. The van der Waals surface area contributed by atoms with Crippen LogP contribution in [0.3, 0.4) is 0 Å². The molecule has 0 radical (unpaired) electrons. The van der Waals surface area contributed by atoms with E-state index >= 15 is 0 Å². The minimum atomic E-state index is -0.457. The Hall–Kier alpha value is -1.10. The van der Waals surface area contributed by atoms with E-state index in [1.54, 1.807) is 17.4 Å². The van der Waals surface area contributed by atoms with Crippen LogP contribution in [0.1, 0.15) is 5.82 Å². The lowest BCUT2D eigenvalue weighted by atomic mass is 10.3. The zero-order chi connectivity index (χ0) is 13.4. The zero-order valence-electron chi connectivity index (χ0n) is 9.74. The number of alkyl halides is 1. The lowest BCUT2D eigenvalue weighted by Gasteiger charge is -2.06. The molecule has 1 aromatic carbocycles. The quantitative estimate of drug-likeness (QED) is 0.643. The second-order valence-electron chi connectivity index (χ2n) is 4.04. The van der Waals surface area contributed by atoms with E-state index in [0.717, 1.165) is 17.0 Å². The van der Waals surface area contributed by atoms with Crippen LogP contribution in [0.4, 0.5) is 4.39 Å². The van der Waals surface area contributed by atoms with Crippen LogP contribution in [-0.2, 0) is 6.42 Å². The largest absolute Gasteiger partial charge is 0.295 e. The minimum absolute atomic E-state index is 0.0984. The standard InChI is InChI=1S/C13H9Cl2FN2S/c14-3-1-13-17-11-6-10(16)9(15)5-12(11)18(13)8-2-4-19-7-8/h2,4-7H,1,3H2. The van der Waals surface area contributed by atoms with Crippen LogP contribution < -0.4 is 0 Å². The van der Waals surface area contributed by atoms with Crippen molar-refractivity contribution in [1.82, 2.24) is 9.55 Å². The number of hydrogen-bond acceptors (Lipinski definition) is 2. The van der Waals surface area contributed by atoms with E-state index in [4.69, 9.17) is 23.2 Å². The fraction of sp³-hybridized carbons (Fsp3) is 0.154. The lowest BCUT2D eigenvalue weighted by Crippen LogP contribution is -2.00. The average molecular weight is 315 g/mol. The van der Waals surface area contributed by atoms with Crippen LogP contribution >= 0.6 is 34.5 Å². The molecule has 0 saturated carbocycles. The summed E-state index contributed by atoms with van der Waals surface area (Å²) in [5.41, 5.74) is 2.38. The summed E-state index contributed by atoms with van der Waals surface area (Å²) in [4.78, 5) is 4.44. The third-order valence-electron chi connectivity index (χ3n) is 2.85. The van der Waals surface area contributed by atoms with E-state index in [1.165, 1.54) is 6.07 Å². The van der Waals surface area contributed by atoms with E-state index in [1.807, 2.05) is 21.4 Å². The second kappa shape index (κ2) is 5.12. The monoisotopic (exact) mass is 314 g/mol. The SMILES string of the molecule is Fc1cc2nc(CCCl)n(-c3ccsc3)c2cc1Cl. The van der Waals surface area contributed by atoms with Gasteiger partial charge in [0.05, 0.1) is 21.7 Å². The van der Waals surface area contributed by atoms with Crippen LogP contribution in [0.25, 0.3) is 16.7 Å². The van der Waals surface area contributed by atoms with E-state index in [9.17, 15) is 4.39 Å². The predicted molar refractivity (Wildman–Crippen MR) is 78.3 cm³/mol. The molecule has 0 N–H and O–H groups in total. The van der Waals surface area contributed by atoms with Gasteiger partial charge in [0.1, 0.15) is 11.6 Å². The molecule has 0 unspecified atom stereocenters. The first-order valence-electron chi connectivity index (χ1n) is 5.65. The van der Waals surface area contributed by atoms with Gasteiger partial charge in [-0.3, -0.25) is 4.57 Å². The summed E-state index contributed by atoms with van der Waals surface area (Å²) in [5, 5.41) is 4.09. The van der Waals surface area contributed by atoms with Crippen LogP contribution in [0, 0.1) is 5.82 Å². The topological polar surface area (TPSA) is 17.8 Å². The second-order valence-corrected chi connectivity index (χ2v) is 5.60. The Balaban J connectivity index is 2.32. The summed E-state index contributed by atoms with van der Waals surface area (Å²) in [5.74, 6) is 0.815. The Bertz CT molecular complexity index is 722. The molecule has 0 aliphatic heterocycles. The molecular formula is C13H9Cl2FN2S. The molecule has 0 saturated heterocycles. The Morgan fingerprint density at radius 1 is 1.37 bits per heavy atom. The normalized spacial score (nSPS) is 11.3. The highest BCUT2D eigenvalue weighted by Crippen LogP contribution is 2.27. The molecule has 2 nitrogen and oxygen atoms in total. The summed E-state index contributed by atoms with van der Waals surface area (Å²) in [7, 11) is 0. The number of imidazole rings is 1. The summed E-state index contributed by atoms with van der Waals surface area (Å²) in [6.45, 7) is 0. The van der Waals surface area contributed by atoms with Gasteiger partial charge in [-0.05, 0) is 17.5 Å². The van der Waals surface area contributed by atoms with Gasteiger partial charge < -0.3 is 0 Å². The van der Waals surface area contributed by atoms with Gasteiger partial charge >= 0.3 is 0 Å². The molecule has 19 heavy (non-hydrogen) atoms. The Morgan fingerprint density at radius 2 is 2.21 bits per heavy atom. The molecule has 3 rings (SSSR count). The van der Waals surface area contributed by atoms with Gasteiger partial charge in [0.2, 0.25) is 0 Å². The third kappa shape index (κ3) is 2.24. The number of halogens is 3. The van der Waals surface area contributed by atoms with Crippen molar-refractivity contribution < 1.29 is 4.39 Å². The molecule has 0 aliphatic carbocycles. The number of benzene rings is 1. The molecule has 0 amide bonds. The Morgan fingerprint density at radius 3 is 2.89 bits per heavy atom. The van der Waals surface area contributed by atoms with Crippen molar-refractivity contribution in [3.05, 3.63) is 45.6 Å². The highest BCUT2D eigenvalue weighted by atomic mass is 35.5. The van der Waals surface area contributed by atoms with Gasteiger partial charge in [-0.25, -0.2) is 9.37 Å². The number of hydrogen-bond donors (Lipinski definition) is 0. The van der Waals surface area contributed by atoms with Crippen LogP contribution in [-0.4, -0.2) is 15.4 Å². The van der Waals surface area contributed by atoms with Gasteiger partial charge in [0, 0.05) is 23.7 Å². The van der Waals surface area contributed by atoms with E-state index < -0.39 is 5.82 Å². The molecule has 3 aromatic rings. The molecule has 0 atom stereocenters. The van der Waals surface area contributed by atoms with Crippen molar-refractivity contribution in [3.63, 3.8) is 0 Å². The van der Waals surface area contributed by atoms with Crippen LogP contribution in [0.5, 0.6) is 0 Å². The minimum Gasteiger partial charge on any atom is -0.295 e. The summed E-state index contributed by atoms with van der Waals surface area (Å²) in [6, 6.07) is 4.95. The van der Waals surface area contributed by atoms with E-state index in [2.05, 4.69) is 4.98 Å². The van der Waals surface area contributed by atoms with Gasteiger partial charge in [-0.1, -0.05) is 11.6 Å². The maximum Gasteiger partial charge on any atom is 0.144 e. The average Bonchev–Trinajstić information content (AvgIpc) is 2.98. The summed E-state index contributed by atoms with van der Waals surface area (Å²) >= 11 is 13.3. The zero-order valence-corrected chi connectivity index (χ0v) is 12.1. The summed E-state index contributed by atoms with van der Waals surface area (Å²) < 4.78 is 15.5. The molecule has 98 valence electrons. The highest BCUT2D eigenvalue weighted by molar-refractivity contribution is 7.08. The maximum absolute atomic E-state index is 13.5. The number of aryl methyl sites for hydroxylation is 1. The van der Waals surface area contributed by atoms with Crippen molar-refractivity contribution in [3.8, 4) is 5.69 Å². The molecule has 0 aliphatic rings. The smallest absolute Gasteiger partial charge is 0.144 e. The fourth-order valence-electron chi connectivity index (χ4n) is 2.05. The Labute approximate surface area is 123 Å². The Kier molecular flexibility index (Phi) is 3.48.